The third kappa shape index (κ3) is 3.73. The first-order valence-electron chi connectivity index (χ1n) is 11.0. The van der Waals surface area contributed by atoms with Gasteiger partial charge in [0.2, 0.25) is 17.7 Å². The van der Waals surface area contributed by atoms with Crippen LogP contribution in [0.25, 0.3) is 11.0 Å². The molecule has 7 nitrogen and oxygen atoms in total. The summed E-state index contributed by atoms with van der Waals surface area (Å²) in [6.45, 7) is 4.89. The first-order chi connectivity index (χ1) is 14.4. The number of hydrogen-bond donors (Lipinski definition) is 1. The molecular weight excluding hydrogens is 380 g/mol. The third-order valence-corrected chi connectivity index (χ3v) is 6.47. The van der Waals surface area contributed by atoms with E-state index in [2.05, 4.69) is 29.8 Å². The standard InChI is InChI=1S/C23H30N4O3/c1-16(2)27-18-8-4-3-7-17(18)25-19(27)9-13-24-20(28)10-14-26-21(29)15-23(22(26)30)11-5-6-12-23/h3-4,7-8,16H,5-6,9-15H2,1-2H3,(H,24,28). The average molecular weight is 411 g/mol. The van der Waals surface area contributed by atoms with Crippen molar-refractivity contribution in [1.29, 1.82) is 0 Å². The van der Waals surface area contributed by atoms with Gasteiger partial charge in [0.15, 0.2) is 0 Å². The van der Waals surface area contributed by atoms with E-state index < -0.39 is 5.41 Å². The van der Waals surface area contributed by atoms with Crippen LogP contribution in [0.5, 0.6) is 0 Å². The molecule has 2 heterocycles. The van der Waals surface area contributed by atoms with Crippen LogP contribution in [0.15, 0.2) is 24.3 Å². The zero-order chi connectivity index (χ0) is 21.3. The molecule has 160 valence electrons. The summed E-state index contributed by atoms with van der Waals surface area (Å²) >= 11 is 0. The number of nitrogens with one attached hydrogen (secondary N) is 1. The van der Waals surface area contributed by atoms with Gasteiger partial charge >= 0.3 is 0 Å². The summed E-state index contributed by atoms with van der Waals surface area (Å²) in [4.78, 5) is 43.3. The fourth-order valence-electron chi connectivity index (χ4n) is 4.99. The van der Waals surface area contributed by atoms with Gasteiger partial charge in [0, 0.05) is 38.4 Å². The molecule has 1 spiro atoms. The number of likely N-dealkylation sites (tertiary alicyclic amines) is 1. The van der Waals surface area contributed by atoms with Gasteiger partial charge in [-0.05, 0) is 38.8 Å². The maximum Gasteiger partial charge on any atom is 0.235 e. The Balaban J connectivity index is 1.30. The topological polar surface area (TPSA) is 84.3 Å². The average Bonchev–Trinajstić information content (AvgIpc) is 3.38. The Morgan fingerprint density at radius 3 is 2.67 bits per heavy atom. The van der Waals surface area contributed by atoms with E-state index in [1.54, 1.807) is 0 Å². The molecule has 1 N–H and O–H groups in total. The van der Waals surface area contributed by atoms with Gasteiger partial charge in [0.1, 0.15) is 5.82 Å². The molecule has 3 amide bonds. The molecule has 1 aromatic heterocycles. The molecule has 0 unspecified atom stereocenters. The molecular formula is C23H30N4O3. The summed E-state index contributed by atoms with van der Waals surface area (Å²) in [5.41, 5.74) is 1.59. The Bertz CT molecular complexity index is 972. The molecule has 0 atom stereocenters. The molecule has 0 bridgehead atoms. The Labute approximate surface area is 176 Å². The van der Waals surface area contributed by atoms with Crippen LogP contribution < -0.4 is 5.32 Å². The van der Waals surface area contributed by atoms with Gasteiger partial charge < -0.3 is 9.88 Å². The number of carbonyl (C=O) groups excluding carboxylic acids is 3. The van der Waals surface area contributed by atoms with Crippen molar-refractivity contribution in [2.75, 3.05) is 13.1 Å². The second-order valence-corrected chi connectivity index (χ2v) is 8.85. The van der Waals surface area contributed by atoms with E-state index in [-0.39, 0.29) is 36.7 Å². The zero-order valence-electron chi connectivity index (χ0n) is 17.8. The Hall–Kier alpha value is -2.70. The summed E-state index contributed by atoms with van der Waals surface area (Å²) in [5, 5.41) is 2.91. The summed E-state index contributed by atoms with van der Waals surface area (Å²) in [5.74, 6) is 0.610. The molecule has 7 heteroatoms. The number of hydrogen-bond acceptors (Lipinski definition) is 4. The molecule has 1 saturated carbocycles. The number of amides is 3. The molecule has 2 aliphatic rings. The first-order valence-corrected chi connectivity index (χ1v) is 11.0. The highest BCUT2D eigenvalue weighted by molar-refractivity contribution is 6.06. The number of benzene rings is 1. The molecule has 2 aromatic rings. The fourth-order valence-corrected chi connectivity index (χ4v) is 4.99. The highest BCUT2D eigenvalue weighted by Crippen LogP contribution is 2.46. The third-order valence-electron chi connectivity index (χ3n) is 6.47. The molecule has 2 fully saturated rings. The van der Waals surface area contributed by atoms with Crippen LogP contribution in [-0.2, 0) is 20.8 Å². The molecule has 0 radical (unpaired) electrons. The normalized spacial score (nSPS) is 18.3. The lowest BCUT2D eigenvalue weighted by molar-refractivity contribution is -0.141. The lowest BCUT2D eigenvalue weighted by Crippen LogP contribution is -2.37. The quantitative estimate of drug-likeness (QED) is 0.711. The molecule has 1 aliphatic heterocycles. The number of imidazole rings is 1. The lowest BCUT2D eigenvalue weighted by atomic mass is 9.84. The number of aromatic nitrogens is 2. The highest BCUT2D eigenvalue weighted by atomic mass is 16.2. The second kappa shape index (κ2) is 8.20. The molecule has 1 aromatic carbocycles. The van der Waals surface area contributed by atoms with Crippen molar-refractivity contribution < 1.29 is 14.4 Å². The second-order valence-electron chi connectivity index (χ2n) is 8.85. The highest BCUT2D eigenvalue weighted by Gasteiger charge is 2.52. The van der Waals surface area contributed by atoms with E-state index >= 15 is 0 Å². The van der Waals surface area contributed by atoms with Gasteiger partial charge in [0.25, 0.3) is 0 Å². The Morgan fingerprint density at radius 2 is 1.93 bits per heavy atom. The monoisotopic (exact) mass is 410 g/mol. The van der Waals surface area contributed by atoms with Crippen LogP contribution in [0.2, 0.25) is 0 Å². The van der Waals surface area contributed by atoms with Crippen LogP contribution in [0.1, 0.15) is 64.2 Å². The van der Waals surface area contributed by atoms with Gasteiger partial charge in [0.05, 0.1) is 16.4 Å². The van der Waals surface area contributed by atoms with Gasteiger partial charge in [-0.3, -0.25) is 19.3 Å². The van der Waals surface area contributed by atoms with Crippen molar-refractivity contribution >= 4 is 28.8 Å². The number of fused-ring (bicyclic) bond motifs is 1. The van der Waals surface area contributed by atoms with Crippen molar-refractivity contribution in [3.8, 4) is 0 Å². The Kier molecular flexibility index (Phi) is 5.62. The Morgan fingerprint density at radius 1 is 1.20 bits per heavy atom. The van der Waals surface area contributed by atoms with Crippen LogP contribution in [0, 0.1) is 5.41 Å². The molecule has 30 heavy (non-hydrogen) atoms. The number of carbonyl (C=O) groups is 3. The molecule has 1 aliphatic carbocycles. The van der Waals surface area contributed by atoms with E-state index in [4.69, 9.17) is 4.98 Å². The van der Waals surface area contributed by atoms with Crippen molar-refractivity contribution in [2.24, 2.45) is 5.41 Å². The lowest BCUT2D eigenvalue weighted by Gasteiger charge is -2.20. The van der Waals surface area contributed by atoms with E-state index in [9.17, 15) is 14.4 Å². The summed E-state index contributed by atoms with van der Waals surface area (Å²) in [6, 6.07) is 8.31. The van der Waals surface area contributed by atoms with E-state index in [1.165, 1.54) is 4.90 Å². The minimum absolute atomic E-state index is 0.0662. The van der Waals surface area contributed by atoms with Crippen LogP contribution in [-0.4, -0.2) is 45.3 Å². The summed E-state index contributed by atoms with van der Waals surface area (Å²) in [6.07, 6.45) is 4.72. The smallest absolute Gasteiger partial charge is 0.235 e. The summed E-state index contributed by atoms with van der Waals surface area (Å²) in [7, 11) is 0. The maximum absolute atomic E-state index is 12.7. The van der Waals surface area contributed by atoms with Crippen LogP contribution in [0.3, 0.4) is 0 Å². The predicted octanol–water partition coefficient (Wildman–Crippen LogP) is 2.99. The zero-order valence-corrected chi connectivity index (χ0v) is 17.8. The number of nitrogens with zero attached hydrogens (tertiary/aromatic N) is 3. The SMILES string of the molecule is CC(C)n1c(CCNC(=O)CCN2C(=O)CC3(CCCC3)C2=O)nc2ccccc21. The van der Waals surface area contributed by atoms with Crippen molar-refractivity contribution in [1.82, 2.24) is 19.8 Å². The van der Waals surface area contributed by atoms with E-state index in [0.717, 1.165) is 42.5 Å². The van der Waals surface area contributed by atoms with E-state index in [0.29, 0.717) is 19.4 Å². The van der Waals surface area contributed by atoms with Crippen molar-refractivity contribution in [3.05, 3.63) is 30.1 Å². The molecule has 1 saturated heterocycles. The predicted molar refractivity (Wildman–Crippen MR) is 114 cm³/mol. The van der Waals surface area contributed by atoms with Gasteiger partial charge in [-0.25, -0.2) is 4.98 Å². The summed E-state index contributed by atoms with van der Waals surface area (Å²) < 4.78 is 2.20. The molecule has 4 rings (SSSR count). The van der Waals surface area contributed by atoms with Crippen molar-refractivity contribution in [2.45, 2.75) is 64.8 Å². The van der Waals surface area contributed by atoms with Gasteiger partial charge in [-0.2, -0.15) is 0 Å². The maximum atomic E-state index is 12.7. The largest absolute Gasteiger partial charge is 0.356 e. The number of imide groups is 1. The van der Waals surface area contributed by atoms with E-state index in [1.807, 2.05) is 18.2 Å². The number of para-hydroxylation sites is 2. The van der Waals surface area contributed by atoms with Crippen LogP contribution >= 0.6 is 0 Å². The van der Waals surface area contributed by atoms with Gasteiger partial charge in [-0.15, -0.1) is 0 Å². The van der Waals surface area contributed by atoms with Crippen molar-refractivity contribution in [3.63, 3.8) is 0 Å². The fraction of sp³-hybridized carbons (Fsp3) is 0.565. The number of rotatable bonds is 7. The minimum Gasteiger partial charge on any atom is -0.356 e. The first kappa shape index (κ1) is 20.6. The minimum atomic E-state index is -0.469. The van der Waals surface area contributed by atoms with Crippen LogP contribution in [0.4, 0.5) is 0 Å². The van der Waals surface area contributed by atoms with Gasteiger partial charge in [-0.1, -0.05) is 25.0 Å².